The minimum atomic E-state index is -1.06. The molecule has 10 nitrogen and oxygen atoms in total. The van der Waals surface area contributed by atoms with E-state index in [-0.39, 0.29) is 11.3 Å². The molecule has 0 spiro atoms. The van der Waals surface area contributed by atoms with Crippen molar-refractivity contribution in [2.45, 2.75) is 33.3 Å². The molecule has 2 aromatic heterocycles. The zero-order valence-corrected chi connectivity index (χ0v) is 23.7. The largest absolute Gasteiger partial charge is 0.494 e. The summed E-state index contributed by atoms with van der Waals surface area (Å²) < 4.78 is 46.3. The van der Waals surface area contributed by atoms with Gasteiger partial charge >= 0.3 is 6.09 Å². The number of alkyl carbamates (subject to hydrolysis) is 1. The van der Waals surface area contributed by atoms with E-state index < -0.39 is 23.3 Å². The van der Waals surface area contributed by atoms with Gasteiger partial charge in [0.2, 0.25) is 5.82 Å². The Hall–Kier alpha value is -4.45. The quantitative estimate of drug-likeness (QED) is 0.198. The number of rotatable bonds is 11. The summed E-state index contributed by atoms with van der Waals surface area (Å²) in [4.78, 5) is 20.4. The van der Waals surface area contributed by atoms with Crippen LogP contribution < -0.4 is 20.7 Å². The maximum absolute atomic E-state index is 14.8. The van der Waals surface area contributed by atoms with Gasteiger partial charge in [-0.2, -0.15) is 4.39 Å². The van der Waals surface area contributed by atoms with Crippen LogP contribution in [-0.2, 0) is 9.47 Å². The van der Waals surface area contributed by atoms with Gasteiger partial charge in [-0.25, -0.2) is 19.2 Å². The second-order valence-electron chi connectivity index (χ2n) is 10.2. The second kappa shape index (κ2) is 12.8. The van der Waals surface area contributed by atoms with Crippen molar-refractivity contribution in [3.05, 3.63) is 66.1 Å². The Labute approximate surface area is 237 Å². The molecule has 0 fully saturated rings. The molecule has 0 aliphatic rings. The van der Waals surface area contributed by atoms with Crippen LogP contribution in [0.1, 0.15) is 26.3 Å². The number of imidazole rings is 1. The van der Waals surface area contributed by atoms with E-state index in [1.807, 2.05) is 45.9 Å². The first-order valence-corrected chi connectivity index (χ1v) is 13.1. The van der Waals surface area contributed by atoms with Crippen molar-refractivity contribution in [3.8, 4) is 17.0 Å². The van der Waals surface area contributed by atoms with E-state index >= 15 is 0 Å². The molecule has 41 heavy (non-hydrogen) atoms. The molecule has 0 saturated heterocycles. The molecule has 12 heteroatoms. The third kappa shape index (κ3) is 7.40. The van der Waals surface area contributed by atoms with Crippen molar-refractivity contribution in [2.75, 3.05) is 44.0 Å². The van der Waals surface area contributed by atoms with Crippen LogP contribution >= 0.6 is 0 Å². The Morgan fingerprint density at radius 3 is 2.56 bits per heavy atom. The molecule has 0 atom stereocenters. The van der Waals surface area contributed by atoms with Gasteiger partial charge in [0, 0.05) is 42.4 Å². The predicted molar refractivity (Wildman–Crippen MR) is 153 cm³/mol. The molecule has 0 aliphatic heterocycles. The number of amides is 1. The zero-order chi connectivity index (χ0) is 29.6. The molecule has 4 aromatic rings. The van der Waals surface area contributed by atoms with E-state index in [9.17, 15) is 13.6 Å². The summed E-state index contributed by atoms with van der Waals surface area (Å²) >= 11 is 0. The maximum Gasteiger partial charge on any atom is 0.407 e. The fourth-order valence-electron chi connectivity index (χ4n) is 4.07. The number of fused-ring (bicyclic) bond motifs is 1. The summed E-state index contributed by atoms with van der Waals surface area (Å²) in [5.41, 5.74) is 3.07. The molecular formula is C29H34F2N6O4. The van der Waals surface area contributed by atoms with E-state index in [0.29, 0.717) is 43.5 Å². The third-order valence-corrected chi connectivity index (χ3v) is 5.94. The zero-order valence-electron chi connectivity index (χ0n) is 23.7. The van der Waals surface area contributed by atoms with Crippen LogP contribution in [0.5, 0.6) is 5.75 Å². The average molecular weight is 569 g/mol. The van der Waals surface area contributed by atoms with Crippen LogP contribution in [0.2, 0.25) is 0 Å². The summed E-state index contributed by atoms with van der Waals surface area (Å²) in [5, 5.41) is 9.24. The van der Waals surface area contributed by atoms with Gasteiger partial charge in [0.15, 0.2) is 23.0 Å². The highest BCUT2D eigenvalue weighted by atomic mass is 19.2. The Kier molecular flexibility index (Phi) is 9.23. The van der Waals surface area contributed by atoms with Crippen LogP contribution in [0, 0.1) is 18.6 Å². The van der Waals surface area contributed by atoms with Crippen LogP contribution in [0.25, 0.3) is 16.9 Å². The molecule has 3 N–H and O–H groups in total. The van der Waals surface area contributed by atoms with Crippen LogP contribution in [0.4, 0.5) is 30.8 Å². The average Bonchev–Trinajstić information content (AvgIpc) is 3.34. The maximum atomic E-state index is 14.8. The van der Waals surface area contributed by atoms with Gasteiger partial charge in [-0.15, -0.1) is 0 Å². The number of aryl methyl sites for hydroxylation is 1. The van der Waals surface area contributed by atoms with Gasteiger partial charge in [-0.3, -0.25) is 4.40 Å². The number of anilines is 3. The van der Waals surface area contributed by atoms with Crippen molar-refractivity contribution in [3.63, 3.8) is 0 Å². The Balaban J connectivity index is 1.33. The molecule has 2 heterocycles. The van der Waals surface area contributed by atoms with Gasteiger partial charge in [0.1, 0.15) is 5.60 Å². The molecule has 0 aliphatic carbocycles. The van der Waals surface area contributed by atoms with E-state index in [1.54, 1.807) is 16.8 Å². The molecule has 4 rings (SSSR count). The number of hydrogen-bond acceptors (Lipinski definition) is 8. The number of methoxy groups -OCH3 is 1. The second-order valence-corrected chi connectivity index (χ2v) is 10.2. The third-order valence-electron chi connectivity index (χ3n) is 5.94. The molecule has 0 radical (unpaired) electrons. The number of aromatic nitrogens is 3. The Bertz CT molecular complexity index is 1520. The highest BCUT2D eigenvalue weighted by molar-refractivity contribution is 5.75. The molecule has 218 valence electrons. The van der Waals surface area contributed by atoms with E-state index in [0.717, 1.165) is 16.9 Å². The lowest BCUT2D eigenvalue weighted by Crippen LogP contribution is -2.34. The topological polar surface area (TPSA) is 111 Å². The van der Waals surface area contributed by atoms with Crippen molar-refractivity contribution >= 4 is 28.9 Å². The molecule has 0 saturated carbocycles. The monoisotopic (exact) mass is 568 g/mol. The fraction of sp³-hybridized carbons (Fsp3) is 0.345. The summed E-state index contributed by atoms with van der Waals surface area (Å²) in [7, 11) is 1.28. The first-order valence-electron chi connectivity index (χ1n) is 13.1. The van der Waals surface area contributed by atoms with Gasteiger partial charge in [-0.1, -0.05) is 0 Å². The SMILES string of the molecule is COc1ccc(-c2cnc3c(Nc4ccc(NCCOCCNC(=O)OC(C)(C)C)c(C)c4)nccn23)c(F)c1F. The van der Waals surface area contributed by atoms with Crippen molar-refractivity contribution in [2.24, 2.45) is 0 Å². The van der Waals surface area contributed by atoms with Gasteiger partial charge < -0.3 is 30.2 Å². The number of carbonyl (C=O) groups is 1. The van der Waals surface area contributed by atoms with Crippen molar-refractivity contribution in [1.82, 2.24) is 19.7 Å². The minimum Gasteiger partial charge on any atom is -0.494 e. The number of nitrogens with zero attached hydrogens (tertiary/aromatic N) is 3. The summed E-state index contributed by atoms with van der Waals surface area (Å²) in [6, 6.07) is 8.63. The summed E-state index contributed by atoms with van der Waals surface area (Å²) in [5.74, 6) is -1.78. The van der Waals surface area contributed by atoms with Crippen LogP contribution in [0.3, 0.4) is 0 Å². The lowest BCUT2D eigenvalue weighted by Gasteiger charge is -2.19. The van der Waals surface area contributed by atoms with E-state index in [4.69, 9.17) is 14.2 Å². The van der Waals surface area contributed by atoms with E-state index in [1.165, 1.54) is 25.4 Å². The first kappa shape index (κ1) is 29.5. The van der Waals surface area contributed by atoms with Gasteiger partial charge in [0.05, 0.1) is 32.2 Å². The number of benzene rings is 2. The number of nitrogens with one attached hydrogen (secondary N) is 3. The number of hydrogen-bond donors (Lipinski definition) is 3. The molecule has 1 amide bonds. The Morgan fingerprint density at radius 2 is 1.83 bits per heavy atom. The summed E-state index contributed by atoms with van der Waals surface area (Å²) in [6.45, 7) is 9.18. The molecule has 2 aromatic carbocycles. The smallest absolute Gasteiger partial charge is 0.407 e. The molecule has 0 bridgehead atoms. The molecular weight excluding hydrogens is 534 g/mol. The lowest BCUT2D eigenvalue weighted by molar-refractivity contribution is 0.0502. The van der Waals surface area contributed by atoms with Crippen molar-refractivity contribution in [1.29, 1.82) is 0 Å². The van der Waals surface area contributed by atoms with Crippen molar-refractivity contribution < 1.29 is 27.8 Å². The van der Waals surface area contributed by atoms with Crippen LogP contribution in [-0.4, -0.2) is 59.5 Å². The number of halogens is 2. The van der Waals surface area contributed by atoms with Gasteiger partial charge in [-0.05, 0) is 63.6 Å². The standard InChI is InChI=1S/C29H34F2N6O4/c1-18-16-19(6-8-21(18)32-11-14-40-15-12-34-28(38)41-29(2,3)4)36-26-27-35-17-22(37(27)13-10-33-26)20-7-9-23(39-5)25(31)24(20)30/h6-10,13,16-17,32H,11-12,14-15H2,1-5H3,(H,33,36)(H,34,38). The number of carbonyl (C=O) groups excluding carboxylic acids is 1. The normalized spacial score (nSPS) is 11.4. The number of ether oxygens (including phenoxy) is 3. The predicted octanol–water partition coefficient (Wildman–Crippen LogP) is 5.69. The highest BCUT2D eigenvalue weighted by Crippen LogP contribution is 2.31. The van der Waals surface area contributed by atoms with Crippen LogP contribution in [0.15, 0.2) is 48.9 Å². The first-order chi connectivity index (χ1) is 19.6. The summed E-state index contributed by atoms with van der Waals surface area (Å²) in [6.07, 6.45) is 4.20. The van der Waals surface area contributed by atoms with Gasteiger partial charge in [0.25, 0.3) is 0 Å². The molecule has 0 unspecified atom stereocenters. The highest BCUT2D eigenvalue weighted by Gasteiger charge is 2.19. The minimum absolute atomic E-state index is 0.0579. The Morgan fingerprint density at radius 1 is 1.05 bits per heavy atom. The fourth-order valence-corrected chi connectivity index (χ4v) is 4.07. The van der Waals surface area contributed by atoms with E-state index in [2.05, 4.69) is 25.9 Å². The lowest BCUT2D eigenvalue weighted by atomic mass is 10.1.